The molecular weight excluding hydrogens is 296 g/mol. The van der Waals surface area contributed by atoms with E-state index in [-0.39, 0.29) is 36.3 Å². The number of carbonyl (C=O) groups excluding carboxylic acids is 2. The van der Waals surface area contributed by atoms with Crippen molar-refractivity contribution in [3.05, 3.63) is 28.2 Å². The quantitative estimate of drug-likeness (QED) is 0.749. The molecule has 0 saturated heterocycles. The predicted molar refractivity (Wildman–Crippen MR) is 87.2 cm³/mol. The molecule has 0 radical (unpaired) electrons. The molecule has 6 heteroatoms. The van der Waals surface area contributed by atoms with E-state index in [2.05, 4.69) is 5.10 Å². The van der Waals surface area contributed by atoms with Gasteiger partial charge in [-0.15, -0.1) is 0 Å². The summed E-state index contributed by atoms with van der Waals surface area (Å²) in [7, 11) is 0. The molecule has 0 aromatic carbocycles. The molecule has 0 bridgehead atoms. The fourth-order valence-corrected chi connectivity index (χ4v) is 1.98. The molecular formula is C17H26N2O4. The molecule has 0 aliphatic heterocycles. The Hall–Kier alpha value is -1.98. The van der Waals surface area contributed by atoms with Crippen LogP contribution in [0.15, 0.2) is 16.9 Å². The fourth-order valence-electron chi connectivity index (χ4n) is 1.98. The lowest BCUT2D eigenvalue weighted by Crippen LogP contribution is -2.36. The van der Waals surface area contributed by atoms with Crippen molar-refractivity contribution in [1.82, 2.24) is 9.78 Å². The second-order valence-electron chi connectivity index (χ2n) is 7.25. The number of hydrogen-bond donors (Lipinski definition) is 0. The Kier molecular flexibility index (Phi) is 5.86. The van der Waals surface area contributed by atoms with E-state index < -0.39 is 11.4 Å². The third-order valence-electron chi connectivity index (χ3n) is 3.57. The third-order valence-corrected chi connectivity index (χ3v) is 3.57. The van der Waals surface area contributed by atoms with Gasteiger partial charge in [0.2, 0.25) is 0 Å². The minimum atomic E-state index is -0.912. The van der Waals surface area contributed by atoms with Crippen LogP contribution in [0.25, 0.3) is 0 Å². The second kappa shape index (κ2) is 7.06. The van der Waals surface area contributed by atoms with Crippen molar-refractivity contribution in [3.8, 4) is 0 Å². The van der Waals surface area contributed by atoms with Gasteiger partial charge in [-0.1, -0.05) is 34.6 Å². The highest BCUT2D eigenvalue weighted by atomic mass is 16.5. The zero-order chi connectivity index (χ0) is 17.8. The normalized spacial score (nSPS) is 12.1. The van der Waals surface area contributed by atoms with E-state index in [1.165, 1.54) is 6.07 Å². The minimum absolute atomic E-state index is 0.0205. The summed E-state index contributed by atoms with van der Waals surface area (Å²) in [5.41, 5.74) is -0.740. The van der Waals surface area contributed by atoms with Gasteiger partial charge in [0.25, 0.3) is 5.56 Å². The Morgan fingerprint density at radius 3 is 2.30 bits per heavy atom. The summed E-state index contributed by atoms with van der Waals surface area (Å²) in [6.45, 7) is 11.1. The van der Waals surface area contributed by atoms with Crippen LogP contribution in [0.4, 0.5) is 0 Å². The summed E-state index contributed by atoms with van der Waals surface area (Å²) in [6, 6.07) is 3.09. The van der Waals surface area contributed by atoms with Crippen LogP contribution < -0.4 is 5.56 Å². The molecule has 1 rings (SSSR count). The number of nitrogens with zero attached hydrogens (tertiary/aromatic N) is 2. The molecule has 0 unspecified atom stereocenters. The van der Waals surface area contributed by atoms with Crippen LogP contribution in [-0.4, -0.2) is 28.1 Å². The summed E-state index contributed by atoms with van der Waals surface area (Å²) in [4.78, 5) is 36.0. The van der Waals surface area contributed by atoms with Crippen LogP contribution in [0.3, 0.4) is 0 Å². The number of ketones is 1. The first-order valence-electron chi connectivity index (χ1n) is 7.75. The molecule has 1 aromatic rings. The van der Waals surface area contributed by atoms with Crippen molar-refractivity contribution in [3.63, 3.8) is 0 Å². The Morgan fingerprint density at radius 2 is 1.78 bits per heavy atom. The molecule has 0 fully saturated rings. The largest absolute Gasteiger partial charge is 0.466 e. The first kappa shape index (κ1) is 19.1. The summed E-state index contributed by atoms with van der Waals surface area (Å²) in [6.07, 6.45) is -0.0205. The highest BCUT2D eigenvalue weighted by molar-refractivity contribution is 5.88. The summed E-state index contributed by atoms with van der Waals surface area (Å²) < 4.78 is 6.05. The van der Waals surface area contributed by atoms with Gasteiger partial charge in [-0.25, -0.2) is 4.68 Å². The topological polar surface area (TPSA) is 78.3 Å². The zero-order valence-corrected chi connectivity index (χ0v) is 14.8. The Bertz CT molecular complexity index is 639. The lowest BCUT2D eigenvalue weighted by molar-refractivity contribution is -0.148. The molecule has 0 aliphatic rings. The molecule has 0 atom stereocenters. The van der Waals surface area contributed by atoms with Gasteiger partial charge in [0.15, 0.2) is 5.78 Å². The van der Waals surface area contributed by atoms with Gasteiger partial charge in [0, 0.05) is 16.9 Å². The van der Waals surface area contributed by atoms with Crippen LogP contribution in [0.1, 0.15) is 53.7 Å². The van der Waals surface area contributed by atoms with Crippen molar-refractivity contribution in [1.29, 1.82) is 0 Å². The van der Waals surface area contributed by atoms with E-state index in [0.717, 1.165) is 10.4 Å². The van der Waals surface area contributed by atoms with Gasteiger partial charge < -0.3 is 4.74 Å². The van der Waals surface area contributed by atoms with E-state index in [1.807, 2.05) is 20.8 Å². The van der Waals surface area contributed by atoms with E-state index in [1.54, 1.807) is 26.8 Å². The Balaban J connectivity index is 2.96. The van der Waals surface area contributed by atoms with E-state index >= 15 is 0 Å². The van der Waals surface area contributed by atoms with E-state index in [0.29, 0.717) is 0 Å². The molecule has 128 valence electrons. The number of ether oxygens (including phenoxy) is 1. The monoisotopic (exact) mass is 322 g/mol. The van der Waals surface area contributed by atoms with Gasteiger partial charge in [-0.05, 0) is 13.0 Å². The smallest absolute Gasteiger partial charge is 0.306 e. The summed E-state index contributed by atoms with van der Waals surface area (Å²) in [5.74, 6) is -0.652. The summed E-state index contributed by atoms with van der Waals surface area (Å²) >= 11 is 0. The van der Waals surface area contributed by atoms with Crippen LogP contribution in [-0.2, 0) is 26.3 Å². The number of rotatable bonds is 6. The minimum Gasteiger partial charge on any atom is -0.466 e. The number of carbonyl (C=O) groups is 2. The number of hydrogen-bond acceptors (Lipinski definition) is 5. The SMILES string of the molecule is CCOC(=O)CC(C)(C)C(=O)Cn1nc(C(C)(C)C)ccc1=O. The second-order valence-corrected chi connectivity index (χ2v) is 7.25. The molecule has 0 aliphatic carbocycles. The zero-order valence-electron chi connectivity index (χ0n) is 14.8. The predicted octanol–water partition coefficient (Wildman–Crippen LogP) is 2.09. The fraction of sp³-hybridized carbons (Fsp3) is 0.647. The Labute approximate surface area is 136 Å². The molecule has 1 aromatic heterocycles. The molecule has 6 nitrogen and oxygen atoms in total. The highest BCUT2D eigenvalue weighted by Gasteiger charge is 2.31. The molecule has 23 heavy (non-hydrogen) atoms. The maximum absolute atomic E-state index is 12.5. The maximum atomic E-state index is 12.5. The molecule has 0 saturated carbocycles. The molecule has 0 spiro atoms. The standard InChI is InChI=1S/C17H26N2O4/c1-7-23-15(22)10-17(5,6)13(20)11-19-14(21)9-8-12(18-19)16(2,3)4/h8-9H,7,10-11H2,1-6H3. The number of aromatic nitrogens is 2. The van der Waals surface area contributed by atoms with E-state index in [9.17, 15) is 14.4 Å². The highest BCUT2D eigenvalue weighted by Crippen LogP contribution is 2.23. The number of esters is 1. The van der Waals surface area contributed by atoms with Gasteiger partial charge >= 0.3 is 5.97 Å². The van der Waals surface area contributed by atoms with Gasteiger partial charge in [0.1, 0.15) is 6.54 Å². The van der Waals surface area contributed by atoms with Crippen molar-refractivity contribution >= 4 is 11.8 Å². The van der Waals surface area contributed by atoms with Crippen LogP contribution >= 0.6 is 0 Å². The lowest BCUT2D eigenvalue weighted by Gasteiger charge is -2.23. The van der Waals surface area contributed by atoms with Crippen LogP contribution in [0, 0.1) is 5.41 Å². The molecule has 1 heterocycles. The molecule has 0 amide bonds. The van der Waals surface area contributed by atoms with Gasteiger partial charge in [-0.2, -0.15) is 5.10 Å². The Morgan fingerprint density at radius 1 is 1.17 bits per heavy atom. The van der Waals surface area contributed by atoms with Crippen LogP contribution in [0.2, 0.25) is 0 Å². The first-order chi connectivity index (χ1) is 10.5. The average Bonchev–Trinajstić information content (AvgIpc) is 2.39. The summed E-state index contributed by atoms with van der Waals surface area (Å²) in [5, 5.41) is 4.28. The number of Topliss-reactive ketones (excluding diaryl/α,β-unsaturated/α-hetero) is 1. The maximum Gasteiger partial charge on any atom is 0.306 e. The van der Waals surface area contributed by atoms with Crippen molar-refractivity contribution in [2.75, 3.05) is 6.61 Å². The van der Waals surface area contributed by atoms with Crippen molar-refractivity contribution in [2.24, 2.45) is 5.41 Å². The van der Waals surface area contributed by atoms with Crippen LogP contribution in [0.5, 0.6) is 0 Å². The first-order valence-corrected chi connectivity index (χ1v) is 7.75. The van der Waals surface area contributed by atoms with Crippen molar-refractivity contribution < 1.29 is 14.3 Å². The average molecular weight is 322 g/mol. The molecule has 0 N–H and O–H groups in total. The van der Waals surface area contributed by atoms with Gasteiger partial charge in [-0.3, -0.25) is 14.4 Å². The van der Waals surface area contributed by atoms with Gasteiger partial charge in [0.05, 0.1) is 18.7 Å². The van der Waals surface area contributed by atoms with E-state index in [4.69, 9.17) is 4.74 Å². The lowest BCUT2D eigenvalue weighted by atomic mass is 9.84. The van der Waals surface area contributed by atoms with Crippen molar-refractivity contribution in [2.45, 2.75) is 59.9 Å². The third kappa shape index (κ3) is 5.30.